The van der Waals surface area contributed by atoms with Crippen LogP contribution in [-0.4, -0.2) is 10.9 Å². The van der Waals surface area contributed by atoms with E-state index in [4.69, 9.17) is 5.73 Å². The number of carbonyl (C=O) groups excluding carboxylic acids is 1. The summed E-state index contributed by atoms with van der Waals surface area (Å²) in [6.07, 6.45) is 3.80. The predicted molar refractivity (Wildman–Crippen MR) is 75.4 cm³/mol. The molecular formula is C15H17N3O. The molecule has 1 aromatic heterocycles. The van der Waals surface area contributed by atoms with E-state index in [-0.39, 0.29) is 11.9 Å². The molecule has 0 saturated carbocycles. The minimum Gasteiger partial charge on any atom is -0.399 e. The first-order valence-corrected chi connectivity index (χ1v) is 6.19. The molecule has 0 bridgehead atoms. The number of nitrogens with zero attached hydrogens (tertiary/aromatic N) is 1. The van der Waals surface area contributed by atoms with Crippen molar-refractivity contribution < 1.29 is 4.79 Å². The Balaban J connectivity index is 1.93. The SMILES string of the molecule is C[C@@H](NC(=O)Cc1ccc(N)cc1)c1ccncc1. The molecule has 1 aromatic carbocycles. The maximum absolute atomic E-state index is 11.9. The number of benzene rings is 1. The standard InChI is InChI=1S/C15H17N3O/c1-11(13-6-8-17-9-7-13)18-15(19)10-12-2-4-14(16)5-3-12/h2-9,11H,10,16H2,1H3,(H,18,19)/t11-/m1/s1. The maximum Gasteiger partial charge on any atom is 0.224 e. The van der Waals surface area contributed by atoms with Crippen LogP contribution in [0, 0.1) is 0 Å². The van der Waals surface area contributed by atoms with Crippen molar-refractivity contribution in [1.29, 1.82) is 0 Å². The minimum absolute atomic E-state index is 0.00548. The second-order valence-electron chi connectivity index (χ2n) is 4.49. The van der Waals surface area contributed by atoms with Crippen molar-refractivity contribution in [2.75, 3.05) is 5.73 Å². The third-order valence-electron chi connectivity index (χ3n) is 2.93. The molecule has 19 heavy (non-hydrogen) atoms. The summed E-state index contributed by atoms with van der Waals surface area (Å²) in [7, 11) is 0. The van der Waals surface area contributed by atoms with Gasteiger partial charge in [-0.25, -0.2) is 0 Å². The van der Waals surface area contributed by atoms with Gasteiger partial charge < -0.3 is 11.1 Å². The first-order chi connectivity index (χ1) is 9.15. The first-order valence-electron chi connectivity index (χ1n) is 6.19. The molecule has 1 atom stereocenters. The van der Waals surface area contributed by atoms with Gasteiger partial charge in [0.15, 0.2) is 0 Å². The van der Waals surface area contributed by atoms with Crippen LogP contribution in [-0.2, 0) is 11.2 Å². The molecule has 4 nitrogen and oxygen atoms in total. The lowest BCUT2D eigenvalue weighted by Crippen LogP contribution is -2.28. The van der Waals surface area contributed by atoms with E-state index in [0.29, 0.717) is 12.1 Å². The smallest absolute Gasteiger partial charge is 0.224 e. The molecule has 0 unspecified atom stereocenters. The Hall–Kier alpha value is -2.36. The highest BCUT2D eigenvalue weighted by Crippen LogP contribution is 2.11. The van der Waals surface area contributed by atoms with Crippen LogP contribution >= 0.6 is 0 Å². The van der Waals surface area contributed by atoms with Crippen LogP contribution in [0.25, 0.3) is 0 Å². The zero-order chi connectivity index (χ0) is 13.7. The van der Waals surface area contributed by atoms with Crippen molar-refractivity contribution in [3.05, 3.63) is 59.9 Å². The molecule has 2 rings (SSSR count). The second kappa shape index (κ2) is 6.00. The Bertz CT molecular complexity index is 537. The van der Waals surface area contributed by atoms with Crippen LogP contribution in [0.4, 0.5) is 5.69 Å². The van der Waals surface area contributed by atoms with Gasteiger partial charge in [-0.2, -0.15) is 0 Å². The summed E-state index contributed by atoms with van der Waals surface area (Å²) in [5, 5.41) is 2.96. The number of nitrogen functional groups attached to an aromatic ring is 1. The van der Waals surface area contributed by atoms with Crippen molar-refractivity contribution >= 4 is 11.6 Å². The number of rotatable bonds is 4. The number of pyridine rings is 1. The number of aromatic nitrogens is 1. The minimum atomic E-state index is -0.0238. The molecule has 3 N–H and O–H groups in total. The Morgan fingerprint density at radius 2 is 1.84 bits per heavy atom. The number of hydrogen-bond acceptors (Lipinski definition) is 3. The third-order valence-corrected chi connectivity index (χ3v) is 2.93. The Labute approximate surface area is 112 Å². The van der Waals surface area contributed by atoms with Crippen molar-refractivity contribution in [3.8, 4) is 0 Å². The molecule has 4 heteroatoms. The van der Waals surface area contributed by atoms with E-state index in [9.17, 15) is 4.79 Å². The van der Waals surface area contributed by atoms with Crippen LogP contribution in [0.1, 0.15) is 24.1 Å². The fraction of sp³-hybridized carbons (Fsp3) is 0.200. The number of nitrogens with one attached hydrogen (secondary N) is 1. The van der Waals surface area contributed by atoms with E-state index < -0.39 is 0 Å². The van der Waals surface area contributed by atoms with Gasteiger partial charge in [-0.1, -0.05) is 12.1 Å². The number of amides is 1. The quantitative estimate of drug-likeness (QED) is 0.822. The Morgan fingerprint density at radius 1 is 1.21 bits per heavy atom. The number of carbonyl (C=O) groups is 1. The molecule has 0 spiro atoms. The summed E-state index contributed by atoms with van der Waals surface area (Å²) >= 11 is 0. The third kappa shape index (κ3) is 3.81. The lowest BCUT2D eigenvalue weighted by molar-refractivity contribution is -0.121. The molecular weight excluding hydrogens is 238 g/mol. The van der Waals surface area contributed by atoms with Gasteiger partial charge in [0.05, 0.1) is 12.5 Å². The first kappa shape index (κ1) is 13.1. The molecule has 1 heterocycles. The highest BCUT2D eigenvalue weighted by molar-refractivity contribution is 5.79. The van der Waals surface area contributed by atoms with Crippen LogP contribution in [0.5, 0.6) is 0 Å². The van der Waals surface area contributed by atoms with Crippen LogP contribution in [0.2, 0.25) is 0 Å². The zero-order valence-corrected chi connectivity index (χ0v) is 10.8. The van der Waals surface area contributed by atoms with E-state index >= 15 is 0 Å². The van der Waals surface area contributed by atoms with Gasteiger partial charge in [-0.05, 0) is 42.3 Å². The predicted octanol–water partition coefficient (Wildman–Crippen LogP) is 2.08. The van der Waals surface area contributed by atoms with Crippen LogP contribution in [0.3, 0.4) is 0 Å². The van der Waals surface area contributed by atoms with Crippen LogP contribution < -0.4 is 11.1 Å². The largest absolute Gasteiger partial charge is 0.399 e. The Morgan fingerprint density at radius 3 is 2.47 bits per heavy atom. The average Bonchev–Trinajstić information content (AvgIpc) is 2.42. The normalized spacial score (nSPS) is 11.8. The van der Waals surface area contributed by atoms with Gasteiger partial charge in [-0.3, -0.25) is 9.78 Å². The number of hydrogen-bond donors (Lipinski definition) is 2. The topological polar surface area (TPSA) is 68.0 Å². The number of nitrogens with two attached hydrogens (primary N) is 1. The summed E-state index contributed by atoms with van der Waals surface area (Å²) in [5.74, 6) is -0.00548. The Kier molecular flexibility index (Phi) is 4.13. The van der Waals surface area contributed by atoms with Crippen molar-refractivity contribution in [2.45, 2.75) is 19.4 Å². The highest BCUT2D eigenvalue weighted by Gasteiger charge is 2.09. The van der Waals surface area contributed by atoms with Crippen LogP contribution in [0.15, 0.2) is 48.8 Å². The number of anilines is 1. The monoisotopic (exact) mass is 255 g/mol. The summed E-state index contributed by atoms with van der Waals surface area (Å²) in [6, 6.07) is 11.1. The second-order valence-corrected chi connectivity index (χ2v) is 4.49. The maximum atomic E-state index is 11.9. The van der Waals surface area contributed by atoms with E-state index in [0.717, 1.165) is 11.1 Å². The average molecular weight is 255 g/mol. The molecule has 0 saturated heterocycles. The van der Waals surface area contributed by atoms with Crippen molar-refractivity contribution in [2.24, 2.45) is 0 Å². The molecule has 0 aliphatic carbocycles. The summed E-state index contributed by atoms with van der Waals surface area (Å²) in [5.41, 5.74) is 8.31. The van der Waals surface area contributed by atoms with E-state index in [1.54, 1.807) is 24.5 Å². The van der Waals surface area contributed by atoms with Gasteiger partial charge in [0.2, 0.25) is 5.91 Å². The fourth-order valence-electron chi connectivity index (χ4n) is 1.85. The van der Waals surface area contributed by atoms with Gasteiger partial charge in [0.25, 0.3) is 0 Å². The molecule has 0 aliphatic rings. The van der Waals surface area contributed by atoms with E-state index in [1.165, 1.54) is 0 Å². The van der Waals surface area contributed by atoms with Crippen molar-refractivity contribution in [3.63, 3.8) is 0 Å². The zero-order valence-electron chi connectivity index (χ0n) is 10.8. The molecule has 98 valence electrons. The molecule has 0 fully saturated rings. The molecule has 2 aromatic rings. The molecule has 1 amide bonds. The van der Waals surface area contributed by atoms with Gasteiger partial charge in [-0.15, -0.1) is 0 Å². The van der Waals surface area contributed by atoms with E-state index in [2.05, 4.69) is 10.3 Å². The highest BCUT2D eigenvalue weighted by atomic mass is 16.1. The van der Waals surface area contributed by atoms with Gasteiger partial charge in [0.1, 0.15) is 0 Å². The van der Waals surface area contributed by atoms with Crippen molar-refractivity contribution in [1.82, 2.24) is 10.3 Å². The van der Waals surface area contributed by atoms with E-state index in [1.807, 2.05) is 31.2 Å². The van der Waals surface area contributed by atoms with Gasteiger partial charge >= 0.3 is 0 Å². The summed E-state index contributed by atoms with van der Waals surface area (Å²) < 4.78 is 0. The molecule has 0 aliphatic heterocycles. The summed E-state index contributed by atoms with van der Waals surface area (Å²) in [6.45, 7) is 1.95. The molecule has 0 radical (unpaired) electrons. The van der Waals surface area contributed by atoms with Gasteiger partial charge in [0, 0.05) is 18.1 Å². The fourth-order valence-corrected chi connectivity index (χ4v) is 1.85. The lowest BCUT2D eigenvalue weighted by atomic mass is 10.1. The summed E-state index contributed by atoms with van der Waals surface area (Å²) in [4.78, 5) is 15.9. The lowest BCUT2D eigenvalue weighted by Gasteiger charge is -2.14.